The lowest BCUT2D eigenvalue weighted by Gasteiger charge is -2.16. The first kappa shape index (κ1) is 21.1. The minimum Gasteiger partial charge on any atom is -0.496 e. The zero-order valence-electron chi connectivity index (χ0n) is 16.0. The van der Waals surface area contributed by atoms with Gasteiger partial charge in [0.1, 0.15) is 5.75 Å². The Hall–Kier alpha value is -2.58. The van der Waals surface area contributed by atoms with E-state index in [1.165, 1.54) is 18.2 Å². The Bertz CT molecular complexity index is 1050. The highest BCUT2D eigenvalue weighted by Gasteiger charge is 2.42. The molecular weight excluding hydrogens is 416 g/mol. The van der Waals surface area contributed by atoms with Gasteiger partial charge in [-0.1, -0.05) is 36.7 Å². The number of ether oxygens (including phenoxy) is 1. The first-order valence-corrected chi connectivity index (χ1v) is 11.0. The monoisotopic (exact) mass is 436 g/mol. The number of para-hydroxylation sites is 1. The molecule has 0 aromatic heterocycles. The van der Waals surface area contributed by atoms with E-state index in [0.29, 0.717) is 13.0 Å². The third-order valence-electron chi connectivity index (χ3n) is 4.66. The summed E-state index contributed by atoms with van der Waals surface area (Å²) in [5.41, 5.74) is 1.30. The van der Waals surface area contributed by atoms with Crippen LogP contribution in [-0.4, -0.2) is 39.6 Å². The molecule has 29 heavy (non-hydrogen) atoms. The molecule has 0 radical (unpaired) electrons. The third-order valence-corrected chi connectivity index (χ3v) is 6.85. The zero-order valence-corrected chi connectivity index (χ0v) is 17.6. The van der Waals surface area contributed by atoms with Crippen LogP contribution in [0.5, 0.6) is 5.75 Å². The summed E-state index contributed by atoms with van der Waals surface area (Å²) < 4.78 is 30.5. The fraction of sp³-hybridized carbons (Fsp3) is 0.300. The van der Waals surface area contributed by atoms with Gasteiger partial charge in [-0.25, -0.2) is 12.7 Å². The standard InChI is InChI=1S/C20H21ClN2O5S/c1-13-12-29(26,27)23(20(13)25)15-7-8-16(17(21)11-15)19(24)22-10-9-14-5-3-4-6-18(14)28-2/h3-8,11,13H,9-10,12H2,1-2H3,(H,22,24)/t13-/m1/s1. The number of rotatable bonds is 6. The summed E-state index contributed by atoms with van der Waals surface area (Å²) in [5.74, 6) is -1.00. The van der Waals surface area contributed by atoms with Crippen LogP contribution < -0.4 is 14.4 Å². The highest BCUT2D eigenvalue weighted by atomic mass is 35.5. The van der Waals surface area contributed by atoms with Gasteiger partial charge in [-0.3, -0.25) is 9.59 Å². The molecule has 7 nitrogen and oxygen atoms in total. The molecule has 2 aromatic rings. The summed E-state index contributed by atoms with van der Waals surface area (Å²) in [7, 11) is -2.14. The summed E-state index contributed by atoms with van der Waals surface area (Å²) >= 11 is 6.21. The minimum atomic E-state index is -3.73. The molecule has 1 saturated heterocycles. The summed E-state index contributed by atoms with van der Waals surface area (Å²) in [4.78, 5) is 24.7. The molecule has 3 rings (SSSR count). The van der Waals surface area contributed by atoms with Gasteiger partial charge in [0, 0.05) is 6.54 Å². The van der Waals surface area contributed by atoms with E-state index in [9.17, 15) is 18.0 Å². The average Bonchev–Trinajstić information content (AvgIpc) is 2.88. The van der Waals surface area contributed by atoms with E-state index in [2.05, 4.69) is 5.32 Å². The maximum Gasteiger partial charge on any atom is 0.252 e. The number of hydrogen-bond donors (Lipinski definition) is 1. The molecule has 0 saturated carbocycles. The fourth-order valence-corrected chi connectivity index (χ4v) is 5.29. The highest BCUT2D eigenvalue weighted by molar-refractivity contribution is 7.94. The van der Waals surface area contributed by atoms with Crippen LogP contribution in [-0.2, 0) is 21.2 Å². The maximum absolute atomic E-state index is 12.5. The fourth-order valence-electron chi connectivity index (χ4n) is 3.22. The Labute approximate surface area is 174 Å². The van der Waals surface area contributed by atoms with Crippen molar-refractivity contribution >= 4 is 39.1 Å². The highest BCUT2D eigenvalue weighted by Crippen LogP contribution is 2.31. The Morgan fingerprint density at radius 3 is 2.62 bits per heavy atom. The van der Waals surface area contributed by atoms with Crippen molar-refractivity contribution in [1.29, 1.82) is 0 Å². The number of amides is 2. The quantitative estimate of drug-likeness (QED) is 0.751. The normalized spacial score (nSPS) is 18.0. The molecule has 1 heterocycles. The molecule has 0 spiro atoms. The van der Waals surface area contributed by atoms with E-state index < -0.39 is 21.8 Å². The Morgan fingerprint density at radius 1 is 1.28 bits per heavy atom. The van der Waals surface area contributed by atoms with Crippen molar-refractivity contribution in [3.05, 3.63) is 58.6 Å². The Kier molecular flexibility index (Phi) is 6.14. The molecular formula is C20H21ClN2O5S. The molecule has 2 aromatic carbocycles. The van der Waals surface area contributed by atoms with Gasteiger partial charge in [-0.2, -0.15) is 0 Å². The molecule has 0 bridgehead atoms. The molecule has 2 amide bonds. The van der Waals surface area contributed by atoms with Gasteiger partial charge in [0.05, 0.1) is 35.1 Å². The van der Waals surface area contributed by atoms with Crippen molar-refractivity contribution in [1.82, 2.24) is 5.32 Å². The predicted octanol–water partition coefficient (Wildman–Crippen LogP) is 2.63. The van der Waals surface area contributed by atoms with Crippen LogP contribution in [0.2, 0.25) is 5.02 Å². The Morgan fingerprint density at radius 2 is 2.00 bits per heavy atom. The number of anilines is 1. The molecule has 1 fully saturated rings. The van der Waals surface area contributed by atoms with E-state index in [1.807, 2.05) is 24.3 Å². The first-order chi connectivity index (χ1) is 13.7. The summed E-state index contributed by atoms with van der Waals surface area (Å²) in [6.45, 7) is 1.93. The number of carbonyl (C=O) groups excluding carboxylic acids is 2. The molecule has 0 unspecified atom stereocenters. The first-order valence-electron chi connectivity index (χ1n) is 9.01. The van der Waals surface area contributed by atoms with Crippen LogP contribution in [0.3, 0.4) is 0 Å². The van der Waals surface area contributed by atoms with Crippen LogP contribution in [0.25, 0.3) is 0 Å². The van der Waals surface area contributed by atoms with Crippen LogP contribution in [0, 0.1) is 5.92 Å². The smallest absolute Gasteiger partial charge is 0.252 e. The predicted molar refractivity (Wildman–Crippen MR) is 111 cm³/mol. The molecule has 0 aliphatic carbocycles. The number of hydrogen-bond acceptors (Lipinski definition) is 5. The molecule has 154 valence electrons. The lowest BCUT2D eigenvalue weighted by Crippen LogP contribution is -2.30. The summed E-state index contributed by atoms with van der Waals surface area (Å²) in [5, 5.41) is 2.85. The second kappa shape index (κ2) is 8.42. The van der Waals surface area contributed by atoms with Gasteiger partial charge in [-0.05, 0) is 36.2 Å². The number of benzene rings is 2. The van der Waals surface area contributed by atoms with Gasteiger partial charge < -0.3 is 10.1 Å². The van der Waals surface area contributed by atoms with Crippen LogP contribution >= 0.6 is 11.6 Å². The number of sulfonamides is 1. The van der Waals surface area contributed by atoms with Crippen molar-refractivity contribution < 1.29 is 22.7 Å². The second-order valence-electron chi connectivity index (χ2n) is 6.76. The van der Waals surface area contributed by atoms with Crippen LogP contribution in [0.4, 0.5) is 5.69 Å². The van der Waals surface area contributed by atoms with Crippen molar-refractivity contribution in [2.24, 2.45) is 5.92 Å². The largest absolute Gasteiger partial charge is 0.496 e. The van der Waals surface area contributed by atoms with Gasteiger partial charge in [-0.15, -0.1) is 0 Å². The third kappa shape index (κ3) is 4.38. The number of nitrogens with zero attached hydrogens (tertiary/aromatic N) is 1. The van der Waals surface area contributed by atoms with Crippen molar-refractivity contribution in [3.63, 3.8) is 0 Å². The van der Waals surface area contributed by atoms with Crippen LogP contribution in [0.15, 0.2) is 42.5 Å². The lowest BCUT2D eigenvalue weighted by molar-refractivity contribution is -0.119. The average molecular weight is 437 g/mol. The number of nitrogens with one attached hydrogen (secondary N) is 1. The van der Waals surface area contributed by atoms with E-state index >= 15 is 0 Å². The van der Waals surface area contributed by atoms with Crippen molar-refractivity contribution in [2.45, 2.75) is 13.3 Å². The Balaban J connectivity index is 1.70. The topological polar surface area (TPSA) is 92.8 Å². The molecule has 1 atom stereocenters. The van der Waals surface area contributed by atoms with Gasteiger partial charge in [0.2, 0.25) is 15.9 Å². The molecule has 1 aliphatic heterocycles. The zero-order chi connectivity index (χ0) is 21.2. The molecule has 1 aliphatic rings. The number of carbonyl (C=O) groups is 2. The van der Waals surface area contributed by atoms with Crippen molar-refractivity contribution in [2.75, 3.05) is 23.7 Å². The van der Waals surface area contributed by atoms with E-state index in [1.54, 1.807) is 14.0 Å². The van der Waals surface area contributed by atoms with E-state index in [0.717, 1.165) is 15.6 Å². The maximum atomic E-state index is 12.5. The SMILES string of the molecule is COc1ccccc1CCNC(=O)c1ccc(N2C(=O)[C@H](C)CS2(=O)=O)cc1Cl. The van der Waals surface area contributed by atoms with Crippen LogP contribution in [0.1, 0.15) is 22.8 Å². The van der Waals surface area contributed by atoms with Crippen molar-refractivity contribution in [3.8, 4) is 5.75 Å². The van der Waals surface area contributed by atoms with E-state index in [4.69, 9.17) is 16.3 Å². The summed E-state index contributed by atoms with van der Waals surface area (Å²) in [6.07, 6.45) is 0.573. The van der Waals surface area contributed by atoms with Gasteiger partial charge in [0.15, 0.2) is 0 Å². The number of halogens is 1. The second-order valence-corrected chi connectivity index (χ2v) is 9.03. The van der Waals surface area contributed by atoms with Gasteiger partial charge >= 0.3 is 0 Å². The molecule has 9 heteroatoms. The lowest BCUT2D eigenvalue weighted by atomic mass is 10.1. The van der Waals surface area contributed by atoms with E-state index in [-0.39, 0.29) is 27.9 Å². The minimum absolute atomic E-state index is 0.0693. The molecule has 1 N–H and O–H groups in total. The summed E-state index contributed by atoms with van der Waals surface area (Å²) in [6, 6.07) is 11.7. The van der Waals surface area contributed by atoms with Gasteiger partial charge in [0.25, 0.3) is 5.91 Å². The number of methoxy groups -OCH3 is 1.